The van der Waals surface area contributed by atoms with Crippen LogP contribution in [0.1, 0.15) is 32.3 Å². The number of nitro groups is 1. The first-order chi connectivity index (χ1) is 17.6. The first-order valence-electron chi connectivity index (χ1n) is 11.4. The number of amides is 1. The van der Waals surface area contributed by atoms with Crippen molar-refractivity contribution in [1.29, 1.82) is 0 Å². The van der Waals surface area contributed by atoms with Gasteiger partial charge in [0.1, 0.15) is 24.9 Å². The summed E-state index contributed by atoms with van der Waals surface area (Å²) in [5.74, 6) is -2.87. The van der Waals surface area contributed by atoms with Crippen LogP contribution in [0, 0.1) is 16.0 Å². The van der Waals surface area contributed by atoms with E-state index < -0.39 is 28.7 Å². The number of methoxy groups -OCH3 is 1. The molecule has 11 nitrogen and oxygen atoms in total. The first kappa shape index (κ1) is 27.1. The van der Waals surface area contributed by atoms with Crippen LogP contribution in [0.5, 0.6) is 5.75 Å². The second-order valence-corrected chi connectivity index (χ2v) is 8.27. The van der Waals surface area contributed by atoms with Crippen molar-refractivity contribution in [2.45, 2.75) is 26.7 Å². The molecule has 0 fully saturated rings. The number of nitrogens with zero attached hydrogens (tertiary/aromatic N) is 2. The third-order valence-electron chi connectivity index (χ3n) is 5.70. The zero-order valence-electron chi connectivity index (χ0n) is 20.8. The molecule has 0 aromatic heterocycles. The van der Waals surface area contributed by atoms with Crippen LogP contribution in [-0.4, -0.2) is 48.8 Å². The summed E-state index contributed by atoms with van der Waals surface area (Å²) in [5.41, 5.74) is 1.71. The monoisotopic (exact) mass is 509 g/mol. The van der Waals surface area contributed by atoms with Crippen molar-refractivity contribution in [3.05, 3.63) is 75.5 Å². The fraction of sp³-hybridized carbons (Fsp3) is 0.308. The maximum absolute atomic E-state index is 13.2. The number of hydrogen-bond acceptors (Lipinski definition) is 9. The summed E-state index contributed by atoms with van der Waals surface area (Å²) < 4.78 is 16.0. The predicted octanol–water partition coefficient (Wildman–Crippen LogP) is 3.80. The SMILES string of the molecule is COC(=O)C1C(C)=NC(C)=C(C(=O)OCCOc2ccc(NC(C)=O)cc2)[C@H]1c1cccc([N+](=O)[O-])c1. The van der Waals surface area contributed by atoms with E-state index in [1.54, 1.807) is 44.2 Å². The fourth-order valence-electron chi connectivity index (χ4n) is 4.14. The van der Waals surface area contributed by atoms with Gasteiger partial charge in [-0.3, -0.25) is 24.7 Å². The lowest BCUT2D eigenvalue weighted by Gasteiger charge is -2.31. The van der Waals surface area contributed by atoms with Crippen molar-refractivity contribution in [1.82, 2.24) is 0 Å². The van der Waals surface area contributed by atoms with E-state index >= 15 is 0 Å². The molecule has 1 unspecified atom stereocenters. The van der Waals surface area contributed by atoms with Gasteiger partial charge in [0.15, 0.2) is 0 Å². The highest BCUT2D eigenvalue weighted by atomic mass is 16.6. The van der Waals surface area contributed by atoms with Gasteiger partial charge >= 0.3 is 11.9 Å². The Hall–Kier alpha value is -4.54. The molecule has 0 bridgehead atoms. The van der Waals surface area contributed by atoms with Crippen LogP contribution < -0.4 is 10.1 Å². The molecule has 0 spiro atoms. The minimum absolute atomic E-state index is 0.0434. The number of allylic oxidation sites excluding steroid dienone is 1. The quantitative estimate of drug-likeness (QED) is 0.232. The molecule has 3 rings (SSSR count). The molecule has 11 heteroatoms. The molecule has 1 N–H and O–H groups in total. The highest BCUT2D eigenvalue weighted by Crippen LogP contribution is 2.40. The Bertz CT molecular complexity index is 1270. The summed E-state index contributed by atoms with van der Waals surface area (Å²) in [7, 11) is 1.23. The van der Waals surface area contributed by atoms with Crippen molar-refractivity contribution in [2.24, 2.45) is 10.9 Å². The molecule has 1 aliphatic heterocycles. The Balaban J connectivity index is 1.78. The summed E-state index contributed by atoms with van der Waals surface area (Å²) >= 11 is 0. The zero-order valence-corrected chi connectivity index (χ0v) is 20.8. The molecule has 0 saturated heterocycles. The molecule has 0 saturated carbocycles. The normalized spacial score (nSPS) is 16.9. The molecule has 1 aliphatic rings. The van der Waals surface area contributed by atoms with Crippen LogP contribution in [0.3, 0.4) is 0 Å². The van der Waals surface area contributed by atoms with Crippen LogP contribution in [0.2, 0.25) is 0 Å². The number of carbonyl (C=O) groups excluding carboxylic acids is 3. The Kier molecular flexibility index (Phi) is 8.72. The van der Waals surface area contributed by atoms with Gasteiger partial charge in [0, 0.05) is 42.1 Å². The highest BCUT2D eigenvalue weighted by Gasteiger charge is 2.42. The molecule has 194 valence electrons. The minimum Gasteiger partial charge on any atom is -0.490 e. The smallest absolute Gasteiger partial charge is 0.336 e. The largest absolute Gasteiger partial charge is 0.490 e. The van der Waals surface area contributed by atoms with Crippen molar-refractivity contribution in [3.63, 3.8) is 0 Å². The Morgan fingerprint density at radius 1 is 1.08 bits per heavy atom. The Labute approximate surface area is 213 Å². The van der Waals surface area contributed by atoms with E-state index in [4.69, 9.17) is 14.2 Å². The minimum atomic E-state index is -0.961. The average molecular weight is 510 g/mol. The molecule has 1 heterocycles. The van der Waals surface area contributed by atoms with Crippen LogP contribution in [0.4, 0.5) is 11.4 Å². The van der Waals surface area contributed by atoms with E-state index in [0.717, 1.165) is 0 Å². The van der Waals surface area contributed by atoms with Gasteiger partial charge in [0.05, 0.1) is 17.6 Å². The van der Waals surface area contributed by atoms with Crippen LogP contribution in [0.15, 0.2) is 64.8 Å². The van der Waals surface area contributed by atoms with E-state index in [0.29, 0.717) is 28.4 Å². The van der Waals surface area contributed by atoms with Crippen LogP contribution in [0.25, 0.3) is 0 Å². The molecular formula is C26H27N3O8. The van der Waals surface area contributed by atoms with Gasteiger partial charge in [-0.15, -0.1) is 0 Å². The number of benzene rings is 2. The number of esters is 2. The molecule has 1 amide bonds. The van der Waals surface area contributed by atoms with Gasteiger partial charge in [-0.1, -0.05) is 12.1 Å². The molecule has 2 aromatic rings. The summed E-state index contributed by atoms with van der Waals surface area (Å²) in [4.78, 5) is 52.2. The summed E-state index contributed by atoms with van der Waals surface area (Å²) in [6.45, 7) is 4.61. The lowest BCUT2D eigenvalue weighted by molar-refractivity contribution is -0.384. The summed E-state index contributed by atoms with van der Waals surface area (Å²) in [5, 5.41) is 14.0. The number of non-ortho nitro benzene ring substituents is 1. The third-order valence-corrected chi connectivity index (χ3v) is 5.70. The second kappa shape index (κ2) is 11.9. The molecular weight excluding hydrogens is 482 g/mol. The number of anilines is 1. The highest BCUT2D eigenvalue weighted by molar-refractivity contribution is 6.07. The van der Waals surface area contributed by atoms with Crippen molar-refractivity contribution in [3.8, 4) is 5.75 Å². The molecule has 0 aliphatic carbocycles. The van der Waals surface area contributed by atoms with Crippen molar-refractivity contribution < 1.29 is 33.5 Å². The van der Waals surface area contributed by atoms with Gasteiger partial charge < -0.3 is 19.5 Å². The van der Waals surface area contributed by atoms with E-state index in [-0.39, 0.29) is 30.4 Å². The fourth-order valence-corrected chi connectivity index (χ4v) is 4.14. The van der Waals surface area contributed by atoms with E-state index in [1.165, 1.54) is 32.2 Å². The number of nitrogens with one attached hydrogen (secondary N) is 1. The number of ether oxygens (including phenoxy) is 3. The lowest BCUT2D eigenvalue weighted by Crippen LogP contribution is -2.36. The zero-order chi connectivity index (χ0) is 27.1. The van der Waals surface area contributed by atoms with E-state index in [1.807, 2.05) is 0 Å². The Morgan fingerprint density at radius 3 is 2.41 bits per heavy atom. The maximum Gasteiger partial charge on any atom is 0.336 e. The topological polar surface area (TPSA) is 146 Å². The molecule has 0 radical (unpaired) electrons. The predicted molar refractivity (Wildman–Crippen MR) is 134 cm³/mol. The van der Waals surface area contributed by atoms with Gasteiger partial charge in [-0.2, -0.15) is 0 Å². The Morgan fingerprint density at radius 2 is 1.78 bits per heavy atom. The molecule has 2 aromatic carbocycles. The molecule has 37 heavy (non-hydrogen) atoms. The number of hydrogen-bond donors (Lipinski definition) is 1. The van der Waals surface area contributed by atoms with E-state index in [9.17, 15) is 24.5 Å². The summed E-state index contributed by atoms with van der Waals surface area (Å²) in [6.07, 6.45) is 0. The van der Waals surface area contributed by atoms with Gasteiger partial charge in [-0.25, -0.2) is 4.79 Å². The van der Waals surface area contributed by atoms with E-state index in [2.05, 4.69) is 10.3 Å². The van der Waals surface area contributed by atoms with Gasteiger partial charge in [0.2, 0.25) is 5.91 Å². The number of rotatable bonds is 9. The van der Waals surface area contributed by atoms with Crippen LogP contribution in [-0.2, 0) is 23.9 Å². The average Bonchev–Trinajstić information content (AvgIpc) is 2.86. The number of nitro benzene ring substituents is 1. The summed E-state index contributed by atoms with van der Waals surface area (Å²) in [6, 6.07) is 12.4. The lowest BCUT2D eigenvalue weighted by atomic mass is 9.75. The van der Waals surface area contributed by atoms with Crippen molar-refractivity contribution in [2.75, 3.05) is 25.6 Å². The van der Waals surface area contributed by atoms with Crippen molar-refractivity contribution >= 4 is 34.9 Å². The molecule has 2 atom stereocenters. The second-order valence-electron chi connectivity index (χ2n) is 8.27. The maximum atomic E-state index is 13.2. The van der Waals surface area contributed by atoms with Crippen LogP contribution >= 0.6 is 0 Å². The first-order valence-corrected chi connectivity index (χ1v) is 11.4. The third kappa shape index (κ3) is 6.57. The van der Waals surface area contributed by atoms with Gasteiger partial charge in [0.25, 0.3) is 5.69 Å². The van der Waals surface area contributed by atoms with Gasteiger partial charge in [-0.05, 0) is 43.7 Å². The number of carbonyl (C=O) groups is 3. The number of aliphatic imine (C=N–C) groups is 1. The standard InChI is InChI=1S/C26H27N3O8/c1-15-22(25(31)35-4)24(18-6-5-7-20(14-18)29(33)34)23(16(2)27-15)26(32)37-13-12-36-21-10-8-19(9-11-21)28-17(3)30/h5-11,14,22,24H,12-13H2,1-4H3,(H,28,30)/t22?,24-/m0/s1.